The van der Waals surface area contributed by atoms with Gasteiger partial charge in [0, 0.05) is 5.56 Å². The summed E-state index contributed by atoms with van der Waals surface area (Å²) < 4.78 is -1.78. The highest BCUT2D eigenvalue weighted by atomic mass is 35.6. The van der Waals surface area contributed by atoms with Crippen LogP contribution < -0.4 is 10.6 Å². The highest BCUT2D eigenvalue weighted by Gasteiger charge is 2.34. The van der Waals surface area contributed by atoms with Crippen molar-refractivity contribution in [3.63, 3.8) is 0 Å². The standard InChI is InChI=1S/C19H20Cl4N2O/c1-18(2,3)13-10-8-12(9-11-13)16(26)25-17(19(21,22)23)24-15-7-5-4-6-14(15)20/h4-11,17,24H,1-3H3,(H,25,26)/t17-/m0/s1. The molecule has 0 bridgehead atoms. The Labute approximate surface area is 174 Å². The molecule has 2 aromatic carbocycles. The summed E-state index contributed by atoms with van der Waals surface area (Å²) >= 11 is 24.2. The maximum Gasteiger partial charge on any atom is 0.252 e. The van der Waals surface area contributed by atoms with E-state index in [2.05, 4.69) is 31.4 Å². The van der Waals surface area contributed by atoms with Gasteiger partial charge in [-0.1, -0.05) is 91.4 Å². The number of amides is 1. The molecular weight excluding hydrogens is 414 g/mol. The Morgan fingerprint density at radius 2 is 1.54 bits per heavy atom. The average molecular weight is 434 g/mol. The number of para-hydroxylation sites is 1. The van der Waals surface area contributed by atoms with Gasteiger partial charge in [0.05, 0.1) is 10.7 Å². The summed E-state index contributed by atoms with van der Waals surface area (Å²) in [5.74, 6) is -0.360. The van der Waals surface area contributed by atoms with Gasteiger partial charge in [-0.2, -0.15) is 0 Å². The van der Waals surface area contributed by atoms with Gasteiger partial charge < -0.3 is 10.6 Å². The van der Waals surface area contributed by atoms with Crippen molar-refractivity contribution in [3.8, 4) is 0 Å². The van der Waals surface area contributed by atoms with Gasteiger partial charge in [-0.05, 0) is 35.2 Å². The zero-order valence-corrected chi connectivity index (χ0v) is 17.6. The van der Waals surface area contributed by atoms with E-state index in [1.165, 1.54) is 0 Å². The number of halogens is 4. The first-order valence-corrected chi connectivity index (χ1v) is 9.49. The molecule has 7 heteroatoms. The van der Waals surface area contributed by atoms with E-state index < -0.39 is 9.96 Å². The lowest BCUT2D eigenvalue weighted by Crippen LogP contribution is -2.49. The molecule has 0 aliphatic rings. The molecule has 1 amide bonds. The number of carbonyl (C=O) groups excluding carboxylic acids is 1. The third-order valence-electron chi connectivity index (χ3n) is 3.79. The number of hydrogen-bond donors (Lipinski definition) is 2. The van der Waals surface area contributed by atoms with Gasteiger partial charge in [0.2, 0.25) is 3.79 Å². The lowest BCUT2D eigenvalue weighted by Gasteiger charge is -2.28. The van der Waals surface area contributed by atoms with Crippen LogP contribution in [0.1, 0.15) is 36.7 Å². The van der Waals surface area contributed by atoms with Crippen molar-refractivity contribution in [3.05, 3.63) is 64.7 Å². The van der Waals surface area contributed by atoms with E-state index in [9.17, 15) is 4.79 Å². The van der Waals surface area contributed by atoms with E-state index >= 15 is 0 Å². The second kappa shape index (κ2) is 8.26. The molecule has 26 heavy (non-hydrogen) atoms. The predicted molar refractivity (Wildman–Crippen MR) is 112 cm³/mol. The maximum atomic E-state index is 12.6. The van der Waals surface area contributed by atoms with Crippen LogP contribution in [-0.2, 0) is 5.41 Å². The Hall–Kier alpha value is -1.13. The molecule has 0 saturated carbocycles. The van der Waals surface area contributed by atoms with Crippen LogP contribution in [0.4, 0.5) is 5.69 Å². The van der Waals surface area contributed by atoms with Crippen LogP contribution in [0, 0.1) is 0 Å². The Bertz CT molecular complexity index is 764. The molecule has 1 atom stereocenters. The van der Waals surface area contributed by atoms with E-state index in [1.807, 2.05) is 12.1 Å². The van der Waals surface area contributed by atoms with Gasteiger partial charge in [0.15, 0.2) is 0 Å². The van der Waals surface area contributed by atoms with Crippen molar-refractivity contribution in [2.24, 2.45) is 0 Å². The number of anilines is 1. The SMILES string of the molecule is CC(C)(C)c1ccc(C(=O)N[C@H](Nc2ccccc2Cl)C(Cl)(Cl)Cl)cc1. The van der Waals surface area contributed by atoms with E-state index in [-0.39, 0.29) is 11.3 Å². The molecular formula is C19H20Cl4N2O. The molecule has 0 unspecified atom stereocenters. The van der Waals surface area contributed by atoms with Crippen LogP contribution in [0.2, 0.25) is 5.02 Å². The number of benzene rings is 2. The van der Waals surface area contributed by atoms with Crippen LogP contribution in [-0.4, -0.2) is 15.9 Å². The van der Waals surface area contributed by atoms with Gasteiger partial charge >= 0.3 is 0 Å². The van der Waals surface area contributed by atoms with Gasteiger partial charge in [0.1, 0.15) is 6.17 Å². The van der Waals surface area contributed by atoms with Crippen molar-refractivity contribution in [2.45, 2.75) is 36.1 Å². The van der Waals surface area contributed by atoms with Crippen molar-refractivity contribution in [1.82, 2.24) is 5.32 Å². The lowest BCUT2D eigenvalue weighted by molar-refractivity contribution is 0.0942. The second-order valence-corrected chi connectivity index (χ2v) is 9.68. The summed E-state index contributed by atoms with van der Waals surface area (Å²) in [6.07, 6.45) is -0.970. The average Bonchev–Trinajstić information content (AvgIpc) is 2.54. The lowest BCUT2D eigenvalue weighted by atomic mass is 9.87. The Morgan fingerprint density at radius 3 is 2.04 bits per heavy atom. The normalized spacial score (nSPS) is 13.2. The highest BCUT2D eigenvalue weighted by molar-refractivity contribution is 6.68. The number of alkyl halides is 3. The first kappa shape index (κ1) is 21.2. The van der Waals surface area contributed by atoms with Gasteiger partial charge in [-0.25, -0.2) is 0 Å². The quantitative estimate of drug-likeness (QED) is 0.446. The zero-order valence-electron chi connectivity index (χ0n) is 14.6. The minimum atomic E-state index is -1.78. The number of nitrogens with one attached hydrogen (secondary N) is 2. The monoisotopic (exact) mass is 432 g/mol. The highest BCUT2D eigenvalue weighted by Crippen LogP contribution is 2.33. The first-order valence-electron chi connectivity index (χ1n) is 7.97. The third kappa shape index (κ3) is 5.68. The molecule has 140 valence electrons. The summed E-state index contributed by atoms with van der Waals surface area (Å²) in [5.41, 5.74) is 2.15. The van der Waals surface area contributed by atoms with E-state index in [4.69, 9.17) is 46.4 Å². The molecule has 2 N–H and O–H groups in total. The summed E-state index contributed by atoms with van der Waals surface area (Å²) in [6, 6.07) is 14.3. The molecule has 0 fully saturated rings. The fourth-order valence-corrected chi connectivity index (χ4v) is 2.79. The fourth-order valence-electron chi connectivity index (χ4n) is 2.27. The topological polar surface area (TPSA) is 41.1 Å². The molecule has 0 heterocycles. The number of carbonyl (C=O) groups is 1. The molecule has 0 aliphatic heterocycles. The van der Waals surface area contributed by atoms with Crippen molar-refractivity contribution < 1.29 is 4.79 Å². The fraction of sp³-hybridized carbons (Fsp3) is 0.316. The van der Waals surface area contributed by atoms with Gasteiger partial charge in [0.25, 0.3) is 5.91 Å². The summed E-state index contributed by atoms with van der Waals surface area (Å²) in [5, 5.41) is 6.12. The van der Waals surface area contributed by atoms with E-state index in [0.29, 0.717) is 16.3 Å². The predicted octanol–water partition coefficient (Wildman–Crippen LogP) is 6.18. The first-order chi connectivity index (χ1) is 12.0. The van der Waals surface area contributed by atoms with Crippen LogP contribution in [0.3, 0.4) is 0 Å². The Balaban J connectivity index is 2.18. The Morgan fingerprint density at radius 1 is 0.962 bits per heavy atom. The van der Waals surface area contributed by atoms with Crippen LogP contribution >= 0.6 is 46.4 Å². The molecule has 2 aromatic rings. The van der Waals surface area contributed by atoms with Crippen LogP contribution in [0.25, 0.3) is 0 Å². The van der Waals surface area contributed by atoms with E-state index in [1.54, 1.807) is 36.4 Å². The number of hydrogen-bond acceptors (Lipinski definition) is 2. The smallest absolute Gasteiger partial charge is 0.252 e. The molecule has 0 radical (unpaired) electrons. The van der Waals surface area contributed by atoms with Crippen molar-refractivity contribution in [1.29, 1.82) is 0 Å². The largest absolute Gasteiger partial charge is 0.361 e. The molecule has 0 aliphatic carbocycles. The summed E-state index contributed by atoms with van der Waals surface area (Å²) in [7, 11) is 0. The molecule has 0 spiro atoms. The molecule has 0 aromatic heterocycles. The van der Waals surface area contributed by atoms with Crippen molar-refractivity contribution >= 4 is 58.0 Å². The zero-order chi connectivity index (χ0) is 19.5. The molecule has 0 saturated heterocycles. The Kier molecular flexibility index (Phi) is 6.73. The van der Waals surface area contributed by atoms with Gasteiger partial charge in [-0.3, -0.25) is 4.79 Å². The molecule has 3 nitrogen and oxygen atoms in total. The minimum Gasteiger partial charge on any atom is -0.361 e. The minimum absolute atomic E-state index is 0.000719. The van der Waals surface area contributed by atoms with Crippen LogP contribution in [0.15, 0.2) is 48.5 Å². The summed E-state index contributed by atoms with van der Waals surface area (Å²) in [6.45, 7) is 6.32. The maximum absolute atomic E-state index is 12.6. The van der Waals surface area contributed by atoms with Crippen LogP contribution in [0.5, 0.6) is 0 Å². The molecule has 2 rings (SSSR count). The number of rotatable bonds is 4. The second-order valence-electron chi connectivity index (χ2n) is 6.90. The van der Waals surface area contributed by atoms with E-state index in [0.717, 1.165) is 5.56 Å². The van der Waals surface area contributed by atoms with Gasteiger partial charge in [-0.15, -0.1) is 0 Å². The summed E-state index contributed by atoms with van der Waals surface area (Å²) in [4.78, 5) is 12.6. The third-order valence-corrected chi connectivity index (χ3v) is 4.77. The van der Waals surface area contributed by atoms with Crippen molar-refractivity contribution in [2.75, 3.05) is 5.32 Å².